The van der Waals surface area contributed by atoms with E-state index in [-0.39, 0.29) is 63.7 Å². The highest BCUT2D eigenvalue weighted by molar-refractivity contribution is 7.15. The Balaban J connectivity index is -0.0000000938. The second kappa shape index (κ2) is 44.3. The van der Waals surface area contributed by atoms with Crippen molar-refractivity contribution in [1.82, 2.24) is 15.5 Å². The number of likely N-dealkylation sites (tertiary alicyclic amines) is 1. The largest absolute Gasteiger partial charge is 0.360 e. The number of hydrogen-bond acceptors (Lipinski definition) is 3. The zero-order valence-electron chi connectivity index (χ0n) is 51.1. The molecule has 424 valence electrons. The van der Waals surface area contributed by atoms with E-state index in [4.69, 9.17) is 23.6 Å². The van der Waals surface area contributed by atoms with Crippen molar-refractivity contribution in [3.05, 3.63) is 61.0 Å². The van der Waals surface area contributed by atoms with E-state index >= 15 is 0 Å². The van der Waals surface area contributed by atoms with Gasteiger partial charge in [-0.05, 0) is 98.2 Å². The third-order valence-electron chi connectivity index (χ3n) is 16.7. The van der Waals surface area contributed by atoms with E-state index in [1.165, 1.54) is 84.0 Å². The molecule has 3 fully saturated rings. The maximum Gasteiger partial charge on any atom is 0.232 e. The van der Waals surface area contributed by atoms with Crippen LogP contribution in [-0.4, -0.2) is 68.9 Å². The summed E-state index contributed by atoms with van der Waals surface area (Å²) in [6, 6.07) is 0. The van der Waals surface area contributed by atoms with Crippen LogP contribution < -0.4 is 10.6 Å². The van der Waals surface area contributed by atoms with Crippen molar-refractivity contribution in [1.29, 1.82) is 5.41 Å². The van der Waals surface area contributed by atoms with Crippen molar-refractivity contribution in [2.24, 2.45) is 43.3 Å². The molecule has 5 nitrogen and oxygen atoms in total. The predicted molar refractivity (Wildman–Crippen MR) is 342 cm³/mol. The van der Waals surface area contributed by atoms with Crippen LogP contribution in [0.5, 0.6) is 0 Å². The zero-order valence-corrected chi connectivity index (χ0v) is 54.2. The van der Waals surface area contributed by atoms with Gasteiger partial charge in [-0.15, -0.1) is 38.2 Å². The molecule has 8 heteroatoms. The maximum atomic E-state index is 8.69. The van der Waals surface area contributed by atoms with Crippen LogP contribution in [0.15, 0.2) is 49.6 Å². The average molecular weight is 1050 g/mol. The summed E-state index contributed by atoms with van der Waals surface area (Å²) in [6.07, 6.45) is 18.2. The van der Waals surface area contributed by atoms with Gasteiger partial charge in [-0.1, -0.05) is 230 Å². The van der Waals surface area contributed by atoms with Crippen molar-refractivity contribution in [3.63, 3.8) is 0 Å². The van der Waals surface area contributed by atoms with E-state index < -0.39 is 0 Å². The number of hydrogen-bond donors (Lipinski definition) is 3. The van der Waals surface area contributed by atoms with Crippen molar-refractivity contribution in [2.45, 2.75) is 244 Å². The van der Waals surface area contributed by atoms with Gasteiger partial charge in [0.15, 0.2) is 0 Å². The molecule has 0 bridgehead atoms. The van der Waals surface area contributed by atoms with E-state index in [1.54, 1.807) is 0 Å². The van der Waals surface area contributed by atoms with Crippen LogP contribution in [-0.2, 0) is 0 Å². The topological polar surface area (TPSA) is 55.5 Å². The fraction of sp³-hybridized carbons (Fsp3) is 0.839. The maximum absolute atomic E-state index is 8.69. The molecular formula is C62H134ClN5P2. The second-order valence-corrected chi connectivity index (χ2v) is 22.5. The molecule has 0 aromatic heterocycles. The predicted octanol–water partition coefficient (Wildman–Crippen LogP) is 20.5. The highest BCUT2D eigenvalue weighted by atomic mass is 35.5. The molecule has 3 aliphatic rings. The fourth-order valence-electron chi connectivity index (χ4n) is 7.06. The van der Waals surface area contributed by atoms with Crippen LogP contribution in [0.1, 0.15) is 239 Å². The molecule has 0 aromatic rings. The van der Waals surface area contributed by atoms with Gasteiger partial charge in [0.05, 0.1) is 5.41 Å². The van der Waals surface area contributed by atoms with Gasteiger partial charge in [0, 0.05) is 42.8 Å². The highest BCUT2D eigenvalue weighted by Gasteiger charge is 2.52. The summed E-state index contributed by atoms with van der Waals surface area (Å²) in [7, 11) is 4.83. The Morgan fingerprint density at radius 1 is 0.500 bits per heavy atom. The molecule has 0 saturated carbocycles. The van der Waals surface area contributed by atoms with Crippen LogP contribution in [0.25, 0.3) is 4.85 Å². The van der Waals surface area contributed by atoms with Gasteiger partial charge in [-0.25, -0.2) is 6.57 Å². The third kappa shape index (κ3) is 28.6. The van der Waals surface area contributed by atoms with E-state index in [2.05, 4.69) is 176 Å². The van der Waals surface area contributed by atoms with Gasteiger partial charge in [-0.2, -0.15) is 0 Å². The lowest BCUT2D eigenvalue weighted by molar-refractivity contribution is 0.0444. The summed E-state index contributed by atoms with van der Waals surface area (Å²) in [5.74, 6) is 0.798. The molecule has 0 aliphatic carbocycles. The Labute approximate surface area is 455 Å². The average Bonchev–Trinajstić information content (AvgIpc) is 3.36. The highest BCUT2D eigenvalue weighted by Crippen LogP contribution is 2.56. The fourth-order valence-corrected chi connectivity index (χ4v) is 7.29. The number of amidine groups is 1. The van der Waals surface area contributed by atoms with Crippen LogP contribution in [0.3, 0.4) is 0 Å². The lowest BCUT2D eigenvalue weighted by Gasteiger charge is -2.53. The van der Waals surface area contributed by atoms with Crippen molar-refractivity contribution < 1.29 is 0 Å². The van der Waals surface area contributed by atoms with Gasteiger partial charge in [0.25, 0.3) is 0 Å². The number of allylic oxidation sites excluding steroid dienone is 4. The minimum absolute atomic E-state index is 0. The van der Waals surface area contributed by atoms with E-state index in [1.807, 2.05) is 86.9 Å². The molecule has 3 rings (SSSR count). The minimum atomic E-state index is -0.356. The van der Waals surface area contributed by atoms with Crippen LogP contribution in [0, 0.1) is 55.3 Å². The van der Waals surface area contributed by atoms with E-state index in [9.17, 15) is 0 Å². The molecular weight excluding hydrogens is 912 g/mol. The molecule has 0 radical (unpaired) electrons. The first kappa shape index (κ1) is 88.6. The van der Waals surface area contributed by atoms with Crippen LogP contribution >= 0.6 is 30.1 Å². The molecule has 70 heavy (non-hydrogen) atoms. The Hall–Kier alpha value is -1.01. The molecule has 2 atom stereocenters. The van der Waals surface area contributed by atoms with Gasteiger partial charge in [0.2, 0.25) is 5.54 Å². The molecule has 0 aromatic carbocycles. The number of piperidine rings is 3. The Morgan fingerprint density at radius 2 is 0.743 bits per heavy atom. The molecule has 0 amide bonds. The standard InChI is InChI=1S/C17H32N2.C13H23Cl.C12H21N.2C5H11N.3C2H6.2CH5P.2CH4/c1-8-15(2,3)17(6,7)16(4,5)14(18)19-12-10-9-11-13-19;1-9-11(3,4)13(7,8)12(5,6)10(2)14;1-9-10(2,3)11(4,5)12(6,7)13-8;2*1-2-4-6-5-3-1;5*1-2;;/h8,18H,1,9-13H2,2-7H3;9H,1-2H2,3-8H3;9H,1H2,2-7H3;2*6H,1-5H2;3*1-2H3;2*2H2,1H3;2*1H4. The Morgan fingerprint density at radius 3 is 0.943 bits per heavy atom. The van der Waals surface area contributed by atoms with Gasteiger partial charge in [0.1, 0.15) is 5.84 Å². The van der Waals surface area contributed by atoms with Crippen LogP contribution in [0.4, 0.5) is 0 Å². The van der Waals surface area contributed by atoms with Crippen molar-refractivity contribution in [3.8, 4) is 0 Å². The molecule has 3 heterocycles. The number of nitrogens with one attached hydrogen (secondary N) is 3. The second-order valence-electron chi connectivity index (χ2n) is 22.0. The summed E-state index contributed by atoms with van der Waals surface area (Å²) in [6.45, 7) is 84.7. The van der Waals surface area contributed by atoms with Gasteiger partial charge in [-0.3, -0.25) is 5.41 Å². The molecule has 2 unspecified atom stereocenters. The summed E-state index contributed by atoms with van der Waals surface area (Å²) < 4.78 is 0. The summed E-state index contributed by atoms with van der Waals surface area (Å²) in [5.41, 5.74) is -0.729. The number of halogens is 1. The molecule has 3 N–H and O–H groups in total. The Kier molecular flexibility index (Phi) is 56.1. The lowest BCUT2D eigenvalue weighted by atomic mass is 9.54. The van der Waals surface area contributed by atoms with Gasteiger partial charge >= 0.3 is 0 Å². The lowest BCUT2D eigenvalue weighted by Crippen LogP contribution is -2.53. The van der Waals surface area contributed by atoms with Gasteiger partial charge < -0.3 is 20.4 Å². The summed E-state index contributed by atoms with van der Waals surface area (Å²) in [5, 5.41) is 16.0. The van der Waals surface area contributed by atoms with Crippen molar-refractivity contribution >= 4 is 35.9 Å². The van der Waals surface area contributed by atoms with Crippen molar-refractivity contribution in [2.75, 3.05) is 52.6 Å². The normalized spacial score (nSPS) is 14.8. The SMILES string of the molecule is C.C.C1CCNCC1.C1CCNCC1.C=CC(C)(C)C(C)(C)C(C)(C)C(=C)Cl.C=CC(C)(C)C(C)(C)C(C)(C)C(=N)N1CCCCC1.CC.CC.CC.CP.CP.[C-]#[N+]C(C)(C)C(C)(C)C(C)(C)C=C. The third-order valence-corrected chi connectivity index (χ3v) is 17.1. The zero-order chi connectivity index (χ0) is 56.1. The molecule has 3 aliphatic heterocycles. The van der Waals surface area contributed by atoms with E-state index in [0.717, 1.165) is 18.9 Å². The quantitative estimate of drug-likeness (QED) is 0.0635. The number of rotatable bonds is 11. The summed E-state index contributed by atoms with van der Waals surface area (Å²) >= 11 is 6.09. The number of nitrogens with zero attached hydrogens (tertiary/aromatic N) is 2. The van der Waals surface area contributed by atoms with Crippen LogP contribution in [0.2, 0.25) is 0 Å². The molecule has 3 saturated heterocycles. The van der Waals surface area contributed by atoms with E-state index in [0.29, 0.717) is 5.03 Å². The smallest absolute Gasteiger partial charge is 0.232 e. The molecule has 0 spiro atoms. The first-order valence-corrected chi connectivity index (χ1v) is 29.4. The first-order chi connectivity index (χ1) is 31.2. The monoisotopic (exact) mass is 1050 g/mol. The summed E-state index contributed by atoms with van der Waals surface area (Å²) in [4.78, 5) is 5.99. The minimum Gasteiger partial charge on any atom is -0.360 e. The Bertz CT molecular complexity index is 1280. The first-order valence-electron chi connectivity index (χ1n) is 26.8.